The highest BCUT2D eigenvalue weighted by molar-refractivity contribution is 8.27. The number of amides is 1. The first-order valence-electron chi connectivity index (χ1n) is 9.19. The molecule has 1 aliphatic heterocycles. The zero-order chi connectivity index (χ0) is 21.1. The fraction of sp³-hybridized carbons (Fsp3) is 0.0417. The Morgan fingerprint density at radius 1 is 0.933 bits per heavy atom. The van der Waals surface area contributed by atoms with Crippen LogP contribution in [0.1, 0.15) is 21.5 Å². The molecule has 0 aromatic heterocycles. The first-order chi connectivity index (χ1) is 14.5. The molecule has 3 aromatic carbocycles. The molecule has 0 spiro atoms. The molecule has 0 unspecified atom stereocenters. The fourth-order valence-corrected chi connectivity index (χ4v) is 4.15. The zero-order valence-corrected chi connectivity index (χ0v) is 17.5. The zero-order valence-electron chi connectivity index (χ0n) is 15.9. The summed E-state index contributed by atoms with van der Waals surface area (Å²) in [7, 11) is 0. The van der Waals surface area contributed by atoms with Crippen LogP contribution in [0.5, 0.6) is 5.75 Å². The number of ketones is 1. The van der Waals surface area contributed by atoms with Gasteiger partial charge in [-0.1, -0.05) is 73.0 Å². The van der Waals surface area contributed by atoms with Crippen molar-refractivity contribution in [1.82, 2.24) is 0 Å². The lowest BCUT2D eigenvalue weighted by Gasteiger charge is -2.15. The van der Waals surface area contributed by atoms with Gasteiger partial charge in [0.05, 0.1) is 10.6 Å². The van der Waals surface area contributed by atoms with Crippen molar-refractivity contribution < 1.29 is 14.3 Å². The molecular formula is C24H17NO3S2. The summed E-state index contributed by atoms with van der Waals surface area (Å²) >= 11 is 6.45. The lowest BCUT2D eigenvalue weighted by molar-refractivity contribution is -0.113. The Labute approximate surface area is 184 Å². The van der Waals surface area contributed by atoms with Crippen LogP contribution in [-0.2, 0) is 11.4 Å². The van der Waals surface area contributed by atoms with Crippen LogP contribution in [0.2, 0.25) is 0 Å². The average molecular weight is 432 g/mol. The van der Waals surface area contributed by atoms with Gasteiger partial charge in [-0.15, -0.1) is 0 Å². The van der Waals surface area contributed by atoms with Crippen LogP contribution in [0.15, 0.2) is 90.3 Å². The van der Waals surface area contributed by atoms with E-state index in [1.807, 2.05) is 42.5 Å². The predicted molar refractivity (Wildman–Crippen MR) is 124 cm³/mol. The van der Waals surface area contributed by atoms with Gasteiger partial charge < -0.3 is 4.74 Å². The van der Waals surface area contributed by atoms with Crippen molar-refractivity contribution >= 4 is 45.7 Å². The van der Waals surface area contributed by atoms with Gasteiger partial charge in [-0.05, 0) is 42.0 Å². The van der Waals surface area contributed by atoms with Gasteiger partial charge in [-0.25, -0.2) is 0 Å². The molecule has 148 valence electrons. The topological polar surface area (TPSA) is 46.6 Å². The number of anilines is 1. The third-order valence-electron chi connectivity index (χ3n) is 4.59. The summed E-state index contributed by atoms with van der Waals surface area (Å²) in [5, 5.41) is 0. The third kappa shape index (κ3) is 4.20. The number of nitrogens with zero attached hydrogens (tertiary/aromatic N) is 1. The summed E-state index contributed by atoms with van der Waals surface area (Å²) in [5.41, 5.74) is 2.93. The molecular weight excluding hydrogens is 414 g/mol. The molecule has 0 radical (unpaired) electrons. The minimum atomic E-state index is -0.181. The summed E-state index contributed by atoms with van der Waals surface area (Å²) in [4.78, 5) is 26.5. The molecule has 0 aliphatic carbocycles. The van der Waals surface area contributed by atoms with E-state index in [0.717, 1.165) is 5.56 Å². The maximum absolute atomic E-state index is 12.5. The van der Waals surface area contributed by atoms with E-state index in [0.29, 0.717) is 38.4 Å². The van der Waals surface area contributed by atoms with Crippen molar-refractivity contribution in [2.45, 2.75) is 6.61 Å². The average Bonchev–Trinajstić information content (AvgIpc) is 3.04. The number of carbonyl (C=O) groups is 2. The molecule has 1 fully saturated rings. The van der Waals surface area contributed by atoms with E-state index in [1.54, 1.807) is 36.4 Å². The maximum atomic E-state index is 12.5. The van der Waals surface area contributed by atoms with E-state index in [2.05, 4.69) is 6.58 Å². The second-order valence-electron chi connectivity index (χ2n) is 6.61. The van der Waals surface area contributed by atoms with Crippen LogP contribution in [-0.4, -0.2) is 16.0 Å². The quantitative estimate of drug-likeness (QED) is 0.298. The lowest BCUT2D eigenvalue weighted by Crippen LogP contribution is -2.27. The molecule has 0 atom stereocenters. The number of rotatable bonds is 6. The van der Waals surface area contributed by atoms with Gasteiger partial charge in [0.15, 0.2) is 10.1 Å². The Bertz CT molecular complexity index is 1120. The number of ether oxygens (including phenoxy) is 1. The van der Waals surface area contributed by atoms with E-state index in [1.165, 1.54) is 16.7 Å². The van der Waals surface area contributed by atoms with Gasteiger partial charge in [0.1, 0.15) is 12.4 Å². The third-order valence-corrected chi connectivity index (χ3v) is 5.80. The van der Waals surface area contributed by atoms with Crippen molar-refractivity contribution in [3.8, 4) is 5.75 Å². The number of hydrogen-bond donors (Lipinski definition) is 0. The van der Waals surface area contributed by atoms with Crippen molar-refractivity contribution in [2.75, 3.05) is 4.90 Å². The molecule has 1 amide bonds. The molecule has 4 rings (SSSR count). The number of carbonyl (C=O) groups excluding carboxylic acids is 2. The Balaban J connectivity index is 1.38. The standard InChI is InChI=1S/C24H17NO3S2/c1-16-23(27)25(24(29)30-16)20-11-7-17(8-12-20)15-28-21-13-9-19(10-14-21)22(26)18-5-3-2-4-6-18/h2-14H,1,15H2. The Morgan fingerprint density at radius 2 is 1.57 bits per heavy atom. The van der Waals surface area contributed by atoms with Crippen molar-refractivity contribution in [3.63, 3.8) is 0 Å². The highest BCUT2D eigenvalue weighted by Gasteiger charge is 2.31. The highest BCUT2D eigenvalue weighted by Crippen LogP contribution is 2.33. The van der Waals surface area contributed by atoms with Crippen LogP contribution in [0.4, 0.5) is 5.69 Å². The summed E-state index contributed by atoms with van der Waals surface area (Å²) in [6.45, 7) is 4.09. The van der Waals surface area contributed by atoms with E-state index in [4.69, 9.17) is 17.0 Å². The molecule has 1 heterocycles. The number of thioether (sulfide) groups is 1. The number of hydrogen-bond acceptors (Lipinski definition) is 5. The van der Waals surface area contributed by atoms with E-state index in [9.17, 15) is 9.59 Å². The molecule has 0 bridgehead atoms. The Morgan fingerprint density at radius 3 is 2.17 bits per heavy atom. The smallest absolute Gasteiger partial charge is 0.270 e. The summed E-state index contributed by atoms with van der Waals surface area (Å²) in [6, 6.07) is 23.7. The Kier molecular flexibility index (Phi) is 5.79. The van der Waals surface area contributed by atoms with E-state index < -0.39 is 0 Å². The molecule has 0 saturated carbocycles. The molecule has 1 aliphatic rings. The van der Waals surface area contributed by atoms with Crippen LogP contribution in [0, 0.1) is 0 Å². The molecule has 4 nitrogen and oxygen atoms in total. The van der Waals surface area contributed by atoms with Gasteiger partial charge in [-0.3, -0.25) is 14.5 Å². The number of benzene rings is 3. The van der Waals surface area contributed by atoms with Gasteiger partial charge in [0.25, 0.3) is 5.91 Å². The predicted octanol–water partition coefficient (Wildman–Crippen LogP) is 5.38. The summed E-state index contributed by atoms with van der Waals surface area (Å²) in [5.74, 6) is 0.472. The van der Waals surface area contributed by atoms with Gasteiger partial charge in [-0.2, -0.15) is 0 Å². The fourth-order valence-electron chi connectivity index (χ4n) is 2.99. The highest BCUT2D eigenvalue weighted by atomic mass is 32.2. The normalized spacial score (nSPS) is 13.6. The molecule has 3 aromatic rings. The van der Waals surface area contributed by atoms with Crippen molar-refractivity contribution in [2.24, 2.45) is 0 Å². The van der Waals surface area contributed by atoms with Crippen LogP contribution >= 0.6 is 24.0 Å². The van der Waals surface area contributed by atoms with Crippen LogP contribution in [0.3, 0.4) is 0 Å². The minimum Gasteiger partial charge on any atom is -0.489 e. The van der Waals surface area contributed by atoms with Crippen molar-refractivity contribution in [1.29, 1.82) is 0 Å². The molecule has 30 heavy (non-hydrogen) atoms. The van der Waals surface area contributed by atoms with Crippen LogP contribution in [0.25, 0.3) is 0 Å². The molecule has 1 saturated heterocycles. The first kappa shape index (κ1) is 20.1. The summed E-state index contributed by atoms with van der Waals surface area (Å²) in [6.07, 6.45) is 0. The lowest BCUT2D eigenvalue weighted by atomic mass is 10.0. The largest absolute Gasteiger partial charge is 0.489 e. The SMILES string of the molecule is C=C1SC(=S)N(c2ccc(COc3ccc(C(=O)c4ccccc4)cc3)cc2)C1=O. The monoisotopic (exact) mass is 431 g/mol. The van der Waals surface area contributed by atoms with Gasteiger partial charge in [0, 0.05) is 11.1 Å². The maximum Gasteiger partial charge on any atom is 0.270 e. The summed E-state index contributed by atoms with van der Waals surface area (Å²) < 4.78 is 6.31. The Hall–Kier alpha value is -3.22. The van der Waals surface area contributed by atoms with Crippen molar-refractivity contribution in [3.05, 3.63) is 107 Å². The molecule has 0 N–H and O–H groups in total. The minimum absolute atomic E-state index is 0.0204. The number of thiocarbonyl (C=S) groups is 1. The first-order valence-corrected chi connectivity index (χ1v) is 10.4. The van der Waals surface area contributed by atoms with Crippen LogP contribution < -0.4 is 9.64 Å². The van der Waals surface area contributed by atoms with Gasteiger partial charge in [0.2, 0.25) is 0 Å². The second kappa shape index (κ2) is 8.65. The second-order valence-corrected chi connectivity index (χ2v) is 8.34. The van der Waals surface area contributed by atoms with E-state index >= 15 is 0 Å². The molecule has 6 heteroatoms. The van der Waals surface area contributed by atoms with E-state index in [-0.39, 0.29) is 11.7 Å². The van der Waals surface area contributed by atoms with Gasteiger partial charge >= 0.3 is 0 Å².